The van der Waals surface area contributed by atoms with Crippen molar-refractivity contribution in [2.75, 3.05) is 31.2 Å². The molecule has 0 amide bonds. The number of aryl methyl sites for hydroxylation is 1. The Morgan fingerprint density at radius 3 is 2.59 bits per heavy atom. The van der Waals surface area contributed by atoms with Gasteiger partial charge in [0.1, 0.15) is 5.82 Å². The highest BCUT2D eigenvalue weighted by Crippen LogP contribution is 2.41. The van der Waals surface area contributed by atoms with Crippen molar-refractivity contribution in [3.63, 3.8) is 0 Å². The fourth-order valence-corrected chi connectivity index (χ4v) is 4.38. The molecule has 0 atom stereocenters. The van der Waals surface area contributed by atoms with E-state index in [1.54, 1.807) is 10.9 Å². The van der Waals surface area contributed by atoms with E-state index in [4.69, 9.17) is 19.7 Å². The second-order valence-corrected chi connectivity index (χ2v) is 8.33. The second-order valence-electron chi connectivity index (χ2n) is 8.33. The van der Waals surface area contributed by atoms with Crippen molar-refractivity contribution in [2.24, 2.45) is 0 Å². The standard InChI is InChI=1S/C23H25N7O2/c1-2-29-19(16-8-9-16)24-18-20(28-10-12-32-13-11-28)25-23(26-21(18)29)30-14-17(22(31)27-30)15-6-4-3-5-7-15/h3-7,14,16H,2,8-13H2,1H3,(H,27,31). The summed E-state index contributed by atoms with van der Waals surface area (Å²) in [5.41, 5.74) is 2.92. The summed E-state index contributed by atoms with van der Waals surface area (Å²) in [5, 5.41) is 2.90. The van der Waals surface area contributed by atoms with Crippen LogP contribution in [0.4, 0.5) is 5.82 Å². The lowest BCUT2D eigenvalue weighted by atomic mass is 10.1. The number of aromatic amines is 1. The number of hydrogen-bond acceptors (Lipinski definition) is 6. The van der Waals surface area contributed by atoms with E-state index in [2.05, 4.69) is 21.5 Å². The minimum Gasteiger partial charge on any atom is -0.378 e. The van der Waals surface area contributed by atoms with Crippen LogP contribution in [0.2, 0.25) is 0 Å². The van der Waals surface area contributed by atoms with Gasteiger partial charge in [0.05, 0.1) is 18.8 Å². The molecule has 9 nitrogen and oxygen atoms in total. The zero-order valence-corrected chi connectivity index (χ0v) is 18.0. The highest BCUT2D eigenvalue weighted by Gasteiger charge is 2.32. The number of imidazole rings is 1. The van der Waals surface area contributed by atoms with Crippen LogP contribution in [-0.2, 0) is 11.3 Å². The first kappa shape index (κ1) is 19.2. The molecule has 2 aliphatic rings. The molecule has 1 saturated heterocycles. The molecule has 32 heavy (non-hydrogen) atoms. The quantitative estimate of drug-likeness (QED) is 0.522. The summed E-state index contributed by atoms with van der Waals surface area (Å²) in [6, 6.07) is 9.62. The molecule has 1 saturated carbocycles. The van der Waals surface area contributed by atoms with Crippen LogP contribution in [0.15, 0.2) is 41.3 Å². The third-order valence-electron chi connectivity index (χ3n) is 6.19. The van der Waals surface area contributed by atoms with Crippen LogP contribution in [0.3, 0.4) is 0 Å². The summed E-state index contributed by atoms with van der Waals surface area (Å²) >= 11 is 0. The van der Waals surface area contributed by atoms with Crippen LogP contribution in [0.5, 0.6) is 0 Å². The SMILES string of the molecule is CCn1c(C2CC2)nc2c(N3CCOCC3)nc(-n3cc(-c4ccccc4)c(=O)[nH]3)nc21. The van der Waals surface area contributed by atoms with E-state index >= 15 is 0 Å². The molecule has 1 aromatic carbocycles. The normalized spacial score (nSPS) is 16.7. The van der Waals surface area contributed by atoms with Gasteiger partial charge in [-0.3, -0.25) is 9.89 Å². The van der Waals surface area contributed by atoms with Gasteiger partial charge in [-0.2, -0.15) is 9.97 Å². The Balaban J connectivity index is 1.54. The maximum Gasteiger partial charge on any atom is 0.272 e. The van der Waals surface area contributed by atoms with E-state index in [0.29, 0.717) is 30.6 Å². The number of ether oxygens (including phenoxy) is 1. The number of nitrogens with zero attached hydrogens (tertiary/aromatic N) is 6. The number of hydrogen-bond donors (Lipinski definition) is 1. The minimum absolute atomic E-state index is 0.171. The van der Waals surface area contributed by atoms with Crippen LogP contribution < -0.4 is 10.5 Å². The number of nitrogens with one attached hydrogen (secondary N) is 1. The van der Waals surface area contributed by atoms with Gasteiger partial charge >= 0.3 is 0 Å². The topological polar surface area (TPSA) is 93.9 Å². The number of benzene rings is 1. The number of aromatic nitrogens is 6. The van der Waals surface area contributed by atoms with Crippen LogP contribution in [-0.4, -0.2) is 55.6 Å². The van der Waals surface area contributed by atoms with Crippen LogP contribution in [0.25, 0.3) is 28.2 Å². The van der Waals surface area contributed by atoms with Crippen molar-refractivity contribution in [3.8, 4) is 17.1 Å². The molecular weight excluding hydrogens is 406 g/mol. The Hall–Kier alpha value is -3.46. The first-order valence-electron chi connectivity index (χ1n) is 11.2. The van der Waals surface area contributed by atoms with E-state index in [9.17, 15) is 4.79 Å². The van der Waals surface area contributed by atoms with E-state index in [1.165, 1.54) is 12.8 Å². The predicted molar refractivity (Wildman–Crippen MR) is 121 cm³/mol. The van der Waals surface area contributed by atoms with Gasteiger partial charge < -0.3 is 14.2 Å². The monoisotopic (exact) mass is 431 g/mol. The molecule has 0 spiro atoms. The number of morpholine rings is 1. The number of H-pyrrole nitrogens is 1. The van der Waals surface area contributed by atoms with Crippen molar-refractivity contribution in [3.05, 3.63) is 52.7 Å². The molecule has 1 aliphatic heterocycles. The Bertz CT molecular complexity index is 1330. The Morgan fingerprint density at radius 1 is 1.09 bits per heavy atom. The summed E-state index contributed by atoms with van der Waals surface area (Å²) in [7, 11) is 0. The van der Waals surface area contributed by atoms with Gasteiger partial charge in [0.15, 0.2) is 17.0 Å². The fourth-order valence-electron chi connectivity index (χ4n) is 4.38. The molecule has 4 heterocycles. The molecule has 9 heteroatoms. The van der Waals surface area contributed by atoms with Crippen molar-refractivity contribution in [1.82, 2.24) is 29.3 Å². The van der Waals surface area contributed by atoms with Crippen molar-refractivity contribution in [2.45, 2.75) is 32.2 Å². The summed E-state index contributed by atoms with van der Waals surface area (Å²) < 4.78 is 9.37. The van der Waals surface area contributed by atoms with Gasteiger partial charge in [-0.05, 0) is 25.3 Å². The zero-order chi connectivity index (χ0) is 21.7. The van der Waals surface area contributed by atoms with Gasteiger partial charge in [0, 0.05) is 31.7 Å². The van der Waals surface area contributed by atoms with Crippen molar-refractivity contribution in [1.29, 1.82) is 0 Å². The number of rotatable bonds is 5. The predicted octanol–water partition coefficient (Wildman–Crippen LogP) is 2.71. The lowest BCUT2D eigenvalue weighted by Crippen LogP contribution is -2.37. The summed E-state index contributed by atoms with van der Waals surface area (Å²) in [4.78, 5) is 29.7. The van der Waals surface area contributed by atoms with Crippen molar-refractivity contribution >= 4 is 17.0 Å². The van der Waals surface area contributed by atoms with Gasteiger partial charge in [-0.1, -0.05) is 30.3 Å². The molecule has 0 unspecified atom stereocenters. The molecule has 3 aromatic heterocycles. The summed E-state index contributed by atoms with van der Waals surface area (Å²) in [5.74, 6) is 2.84. The maximum absolute atomic E-state index is 12.7. The van der Waals surface area contributed by atoms with Crippen molar-refractivity contribution < 1.29 is 4.74 Å². The molecule has 164 valence electrons. The average Bonchev–Trinajstić information content (AvgIpc) is 3.51. The highest BCUT2D eigenvalue weighted by atomic mass is 16.5. The molecule has 0 radical (unpaired) electrons. The van der Waals surface area contributed by atoms with Gasteiger partial charge in [0.2, 0.25) is 0 Å². The Morgan fingerprint density at radius 2 is 1.88 bits per heavy atom. The third kappa shape index (κ3) is 3.20. The zero-order valence-electron chi connectivity index (χ0n) is 18.0. The second kappa shape index (κ2) is 7.59. The maximum atomic E-state index is 12.7. The molecule has 6 rings (SSSR count). The van der Waals surface area contributed by atoms with E-state index in [0.717, 1.165) is 48.0 Å². The van der Waals surface area contributed by atoms with E-state index < -0.39 is 0 Å². The third-order valence-corrected chi connectivity index (χ3v) is 6.19. The van der Waals surface area contributed by atoms with E-state index in [1.807, 2.05) is 30.3 Å². The summed E-state index contributed by atoms with van der Waals surface area (Å²) in [6.45, 7) is 5.72. The van der Waals surface area contributed by atoms with Crippen LogP contribution in [0, 0.1) is 0 Å². The molecular formula is C23H25N7O2. The van der Waals surface area contributed by atoms with Gasteiger partial charge in [0.25, 0.3) is 11.5 Å². The lowest BCUT2D eigenvalue weighted by molar-refractivity contribution is 0.122. The molecule has 4 aromatic rings. The largest absolute Gasteiger partial charge is 0.378 e. The van der Waals surface area contributed by atoms with Gasteiger partial charge in [-0.15, -0.1) is 0 Å². The Kier molecular flexibility index (Phi) is 4.57. The highest BCUT2D eigenvalue weighted by molar-refractivity contribution is 5.85. The first-order chi connectivity index (χ1) is 15.7. The average molecular weight is 432 g/mol. The molecule has 1 aliphatic carbocycles. The van der Waals surface area contributed by atoms with Crippen LogP contribution in [0.1, 0.15) is 31.5 Å². The smallest absolute Gasteiger partial charge is 0.272 e. The molecule has 1 N–H and O–H groups in total. The molecule has 2 fully saturated rings. The molecule has 0 bridgehead atoms. The Labute approximate surface area is 184 Å². The van der Waals surface area contributed by atoms with Gasteiger partial charge in [-0.25, -0.2) is 9.67 Å². The summed E-state index contributed by atoms with van der Waals surface area (Å²) in [6.07, 6.45) is 4.11. The first-order valence-corrected chi connectivity index (χ1v) is 11.2. The minimum atomic E-state index is -0.171. The van der Waals surface area contributed by atoms with Crippen LogP contribution >= 0.6 is 0 Å². The number of anilines is 1. The fraction of sp³-hybridized carbons (Fsp3) is 0.391. The number of fused-ring (bicyclic) bond motifs is 1. The lowest BCUT2D eigenvalue weighted by Gasteiger charge is -2.28. The van der Waals surface area contributed by atoms with E-state index in [-0.39, 0.29) is 5.56 Å².